The van der Waals surface area contributed by atoms with Crippen molar-refractivity contribution in [3.8, 4) is 11.6 Å². The predicted octanol–water partition coefficient (Wildman–Crippen LogP) is 2.02. The molecule has 3 aromatic rings. The molecule has 1 saturated heterocycles. The molecule has 3 aromatic heterocycles. The van der Waals surface area contributed by atoms with E-state index in [-0.39, 0.29) is 18.4 Å². The first kappa shape index (κ1) is 16.8. The summed E-state index contributed by atoms with van der Waals surface area (Å²) in [5, 5.41) is 4.37. The molecule has 138 valence electrons. The number of halogens is 3. The number of anilines is 1. The third-order valence-corrected chi connectivity index (χ3v) is 4.43. The van der Waals surface area contributed by atoms with Gasteiger partial charge in [0, 0.05) is 18.0 Å². The summed E-state index contributed by atoms with van der Waals surface area (Å²) in [6, 6.07) is 0. The minimum Gasteiger partial charge on any atom is -0.443 e. The highest BCUT2D eigenvalue weighted by Gasteiger charge is 2.36. The Morgan fingerprint density at radius 2 is 2.15 bits per heavy atom. The molecule has 2 N–H and O–H groups in total. The lowest BCUT2D eigenvalue weighted by Gasteiger charge is -2.17. The first-order chi connectivity index (χ1) is 12.3. The molecule has 1 atom stereocenters. The molecule has 0 spiro atoms. The lowest BCUT2D eigenvalue weighted by atomic mass is 10.1. The number of alkyl halides is 3. The molecule has 0 aromatic carbocycles. The highest BCUT2D eigenvalue weighted by molar-refractivity contribution is 5.65. The van der Waals surface area contributed by atoms with Crippen molar-refractivity contribution in [2.24, 2.45) is 0 Å². The van der Waals surface area contributed by atoms with E-state index >= 15 is 0 Å². The summed E-state index contributed by atoms with van der Waals surface area (Å²) in [5.74, 6) is 0.721. The van der Waals surface area contributed by atoms with Crippen molar-refractivity contribution in [3.63, 3.8) is 0 Å². The number of nitrogens with two attached hydrogens (primary N) is 1. The minimum atomic E-state index is -4.21. The Bertz CT molecular complexity index is 935. The summed E-state index contributed by atoms with van der Waals surface area (Å²) >= 11 is 0. The number of likely N-dealkylation sites (tertiary alicyclic amines) is 1. The van der Waals surface area contributed by atoms with Gasteiger partial charge in [-0.05, 0) is 19.9 Å². The van der Waals surface area contributed by atoms with E-state index in [1.54, 1.807) is 6.92 Å². The maximum absolute atomic E-state index is 12.6. The van der Waals surface area contributed by atoms with Crippen LogP contribution in [0.2, 0.25) is 0 Å². The van der Waals surface area contributed by atoms with Crippen LogP contribution in [0, 0.1) is 6.92 Å². The van der Waals surface area contributed by atoms with Crippen molar-refractivity contribution < 1.29 is 17.6 Å². The van der Waals surface area contributed by atoms with Gasteiger partial charge in [0.25, 0.3) is 0 Å². The second-order valence-corrected chi connectivity index (χ2v) is 6.32. The molecule has 26 heavy (non-hydrogen) atoms. The number of rotatable bonds is 3. The van der Waals surface area contributed by atoms with Gasteiger partial charge in [-0.1, -0.05) is 0 Å². The molecule has 11 heteroatoms. The first-order valence-corrected chi connectivity index (χ1v) is 8.03. The van der Waals surface area contributed by atoms with Crippen LogP contribution >= 0.6 is 0 Å². The summed E-state index contributed by atoms with van der Waals surface area (Å²) in [5.41, 5.74) is 7.62. The van der Waals surface area contributed by atoms with Gasteiger partial charge >= 0.3 is 6.18 Å². The van der Waals surface area contributed by atoms with Gasteiger partial charge in [-0.25, -0.2) is 15.0 Å². The predicted molar refractivity (Wildman–Crippen MR) is 85.3 cm³/mol. The summed E-state index contributed by atoms with van der Waals surface area (Å²) in [7, 11) is 0. The molecule has 0 aliphatic carbocycles. The highest BCUT2D eigenvalue weighted by atomic mass is 19.4. The standard InChI is InChI=1S/C15H16F3N7O/c1-8-10(13-20-3-5-26-13)21-14(19)25-12(8)22-11(23-25)9-2-4-24(6-9)7-15(16,17)18/h3,5,9H,2,4,6-7H2,1H3,(H2,19,21)/t9-/m0/s1. The van der Waals surface area contributed by atoms with Crippen molar-refractivity contribution in [1.29, 1.82) is 0 Å². The number of hydrogen-bond donors (Lipinski definition) is 1. The van der Waals surface area contributed by atoms with E-state index < -0.39 is 12.7 Å². The second-order valence-electron chi connectivity index (χ2n) is 6.32. The molecule has 8 nitrogen and oxygen atoms in total. The van der Waals surface area contributed by atoms with E-state index in [1.807, 2.05) is 0 Å². The lowest BCUT2D eigenvalue weighted by molar-refractivity contribution is -0.143. The largest absolute Gasteiger partial charge is 0.443 e. The first-order valence-electron chi connectivity index (χ1n) is 8.03. The zero-order chi connectivity index (χ0) is 18.5. The lowest BCUT2D eigenvalue weighted by Crippen LogP contribution is -2.32. The van der Waals surface area contributed by atoms with Gasteiger partial charge in [-0.2, -0.15) is 17.7 Å². The maximum Gasteiger partial charge on any atom is 0.401 e. The van der Waals surface area contributed by atoms with E-state index in [2.05, 4.69) is 20.1 Å². The van der Waals surface area contributed by atoms with Crippen molar-refractivity contribution in [1.82, 2.24) is 29.5 Å². The number of oxazole rings is 1. The van der Waals surface area contributed by atoms with E-state index in [4.69, 9.17) is 10.2 Å². The fourth-order valence-electron chi connectivity index (χ4n) is 3.24. The topological polar surface area (TPSA) is 98.4 Å². The molecule has 0 saturated carbocycles. The van der Waals surface area contributed by atoms with Crippen molar-refractivity contribution >= 4 is 11.6 Å². The molecule has 0 amide bonds. The van der Waals surface area contributed by atoms with Gasteiger partial charge in [0.05, 0.1) is 12.7 Å². The molecule has 1 fully saturated rings. The van der Waals surface area contributed by atoms with Crippen LogP contribution in [0.4, 0.5) is 19.1 Å². The molecule has 1 aliphatic heterocycles. The molecular weight excluding hydrogens is 351 g/mol. The Balaban J connectivity index is 1.66. The minimum absolute atomic E-state index is 0.114. The maximum atomic E-state index is 12.6. The average molecular weight is 367 g/mol. The third-order valence-electron chi connectivity index (χ3n) is 4.43. The number of nitrogen functional groups attached to an aromatic ring is 1. The summed E-state index contributed by atoms with van der Waals surface area (Å²) in [4.78, 5) is 14.2. The average Bonchev–Trinajstić information content (AvgIpc) is 3.28. The number of nitrogens with zero attached hydrogens (tertiary/aromatic N) is 6. The van der Waals surface area contributed by atoms with Gasteiger partial charge in [0.15, 0.2) is 11.5 Å². The van der Waals surface area contributed by atoms with Crippen molar-refractivity contribution in [2.45, 2.75) is 25.4 Å². The van der Waals surface area contributed by atoms with Crippen LogP contribution in [0.1, 0.15) is 23.7 Å². The Labute approximate surface area is 145 Å². The van der Waals surface area contributed by atoms with Crippen LogP contribution in [0.15, 0.2) is 16.9 Å². The SMILES string of the molecule is Cc1c(-c2ncco2)nc(N)n2nc([C@H]3CCN(CC(F)(F)F)C3)nc12. The number of fused-ring (bicyclic) bond motifs is 1. The molecule has 0 bridgehead atoms. The Morgan fingerprint density at radius 3 is 2.85 bits per heavy atom. The van der Waals surface area contributed by atoms with Gasteiger partial charge in [0.1, 0.15) is 12.0 Å². The van der Waals surface area contributed by atoms with E-state index in [0.717, 1.165) is 0 Å². The quantitative estimate of drug-likeness (QED) is 0.756. The Kier molecular flexibility index (Phi) is 3.83. The van der Waals surface area contributed by atoms with E-state index in [1.165, 1.54) is 21.9 Å². The summed E-state index contributed by atoms with van der Waals surface area (Å²) in [6.07, 6.45) is -0.719. The van der Waals surface area contributed by atoms with Crippen molar-refractivity contribution in [3.05, 3.63) is 23.8 Å². The third kappa shape index (κ3) is 2.98. The zero-order valence-corrected chi connectivity index (χ0v) is 13.9. The van der Waals surface area contributed by atoms with E-state index in [9.17, 15) is 13.2 Å². The van der Waals surface area contributed by atoms with Crippen LogP contribution in [0.3, 0.4) is 0 Å². The molecule has 0 radical (unpaired) electrons. The fraction of sp³-hybridized carbons (Fsp3) is 0.467. The molecular formula is C15H16F3N7O. The van der Waals surface area contributed by atoms with Crippen LogP contribution in [0.5, 0.6) is 0 Å². The Morgan fingerprint density at radius 1 is 1.35 bits per heavy atom. The van der Waals surface area contributed by atoms with Gasteiger partial charge in [-0.3, -0.25) is 4.90 Å². The van der Waals surface area contributed by atoms with Gasteiger partial charge < -0.3 is 10.2 Å². The smallest absolute Gasteiger partial charge is 0.401 e. The normalized spacial score (nSPS) is 18.8. The van der Waals surface area contributed by atoms with Gasteiger partial charge in [0.2, 0.25) is 11.8 Å². The number of aryl methyl sites for hydroxylation is 1. The molecule has 4 rings (SSSR count). The van der Waals surface area contributed by atoms with Crippen LogP contribution in [-0.2, 0) is 0 Å². The van der Waals surface area contributed by atoms with Crippen molar-refractivity contribution in [2.75, 3.05) is 25.4 Å². The van der Waals surface area contributed by atoms with Crippen LogP contribution in [0.25, 0.3) is 17.2 Å². The zero-order valence-electron chi connectivity index (χ0n) is 13.9. The summed E-state index contributed by atoms with van der Waals surface area (Å²) in [6.45, 7) is 1.49. The molecule has 1 aliphatic rings. The summed E-state index contributed by atoms with van der Waals surface area (Å²) < 4.78 is 44.4. The highest BCUT2D eigenvalue weighted by Crippen LogP contribution is 2.30. The fourth-order valence-corrected chi connectivity index (χ4v) is 3.24. The van der Waals surface area contributed by atoms with E-state index in [0.29, 0.717) is 41.6 Å². The monoisotopic (exact) mass is 367 g/mol. The van der Waals surface area contributed by atoms with Gasteiger partial charge in [-0.15, -0.1) is 5.10 Å². The molecule has 4 heterocycles. The number of aromatic nitrogens is 5. The number of hydrogen-bond acceptors (Lipinski definition) is 7. The second kappa shape index (κ2) is 5.94. The molecule has 0 unspecified atom stereocenters. The van der Waals surface area contributed by atoms with Crippen LogP contribution < -0.4 is 5.73 Å². The Hall–Kier alpha value is -2.69. The van der Waals surface area contributed by atoms with Crippen LogP contribution in [-0.4, -0.2) is 55.3 Å².